The van der Waals surface area contributed by atoms with Gasteiger partial charge in [-0.15, -0.1) is 11.3 Å². The van der Waals surface area contributed by atoms with E-state index in [2.05, 4.69) is 0 Å². The fourth-order valence-electron chi connectivity index (χ4n) is 2.14. The molecule has 102 valence electrons. The van der Waals surface area contributed by atoms with Crippen LogP contribution in [0.1, 0.15) is 40.2 Å². The molecule has 0 atom stereocenters. The molecule has 2 rings (SSSR count). The summed E-state index contributed by atoms with van der Waals surface area (Å²) < 4.78 is 0. The molecule has 0 spiro atoms. The molecule has 1 aromatic heterocycles. The standard InChI is InChI=1S/C14H17NO3S/c16-13(17)8-6-11-5-7-12(19-11)14(18)15-9-3-1-2-4-10-15/h5-8H,1-4,9-10H2,(H,16,17). The number of carboxylic acids is 1. The van der Waals surface area contributed by atoms with E-state index in [1.54, 1.807) is 12.1 Å². The van der Waals surface area contributed by atoms with Crippen molar-refractivity contribution in [2.75, 3.05) is 13.1 Å². The van der Waals surface area contributed by atoms with E-state index in [0.717, 1.165) is 36.9 Å². The van der Waals surface area contributed by atoms with Crippen molar-refractivity contribution in [3.63, 3.8) is 0 Å². The lowest BCUT2D eigenvalue weighted by molar-refractivity contribution is -0.131. The van der Waals surface area contributed by atoms with Gasteiger partial charge in [-0.2, -0.15) is 0 Å². The first-order chi connectivity index (χ1) is 9.16. The third-order valence-corrected chi connectivity index (χ3v) is 4.16. The fraction of sp³-hybridized carbons (Fsp3) is 0.429. The summed E-state index contributed by atoms with van der Waals surface area (Å²) in [5, 5.41) is 8.57. The van der Waals surface area contributed by atoms with Crippen molar-refractivity contribution >= 4 is 29.3 Å². The predicted octanol–water partition coefficient (Wildman–Crippen LogP) is 2.86. The van der Waals surface area contributed by atoms with Crippen LogP contribution >= 0.6 is 11.3 Å². The summed E-state index contributed by atoms with van der Waals surface area (Å²) >= 11 is 1.34. The third kappa shape index (κ3) is 3.92. The zero-order valence-corrected chi connectivity index (χ0v) is 11.5. The van der Waals surface area contributed by atoms with Crippen LogP contribution in [0.2, 0.25) is 0 Å². The highest BCUT2D eigenvalue weighted by molar-refractivity contribution is 7.14. The Labute approximate surface area is 116 Å². The van der Waals surface area contributed by atoms with Crippen LogP contribution in [0.3, 0.4) is 0 Å². The van der Waals surface area contributed by atoms with Gasteiger partial charge in [0.2, 0.25) is 0 Å². The molecule has 4 nitrogen and oxygen atoms in total. The van der Waals surface area contributed by atoms with Crippen LogP contribution in [0.15, 0.2) is 18.2 Å². The highest BCUT2D eigenvalue weighted by Crippen LogP contribution is 2.21. The van der Waals surface area contributed by atoms with Gasteiger partial charge in [-0.3, -0.25) is 4.79 Å². The minimum Gasteiger partial charge on any atom is -0.478 e. The van der Waals surface area contributed by atoms with Crippen LogP contribution in [-0.4, -0.2) is 35.0 Å². The zero-order valence-electron chi connectivity index (χ0n) is 10.7. The highest BCUT2D eigenvalue weighted by Gasteiger charge is 2.18. The molecule has 0 saturated carbocycles. The number of carboxylic acid groups (broad SMARTS) is 1. The largest absolute Gasteiger partial charge is 0.478 e. The van der Waals surface area contributed by atoms with E-state index in [4.69, 9.17) is 5.11 Å². The van der Waals surface area contributed by atoms with Gasteiger partial charge in [0.25, 0.3) is 5.91 Å². The van der Waals surface area contributed by atoms with E-state index < -0.39 is 5.97 Å². The van der Waals surface area contributed by atoms with Crippen LogP contribution in [0.5, 0.6) is 0 Å². The molecular formula is C14H17NO3S. The molecule has 1 aliphatic rings. The summed E-state index contributed by atoms with van der Waals surface area (Å²) in [6.07, 6.45) is 7.14. The summed E-state index contributed by atoms with van der Waals surface area (Å²) in [6, 6.07) is 3.56. The number of rotatable bonds is 3. The lowest BCUT2D eigenvalue weighted by Crippen LogP contribution is -2.31. The number of hydrogen-bond acceptors (Lipinski definition) is 3. The minimum absolute atomic E-state index is 0.0712. The first-order valence-corrected chi connectivity index (χ1v) is 7.28. The molecule has 1 amide bonds. The van der Waals surface area contributed by atoms with Gasteiger partial charge in [0.1, 0.15) is 0 Å². The van der Waals surface area contributed by atoms with Crippen LogP contribution in [0.4, 0.5) is 0 Å². The van der Waals surface area contributed by atoms with Crippen molar-refractivity contribution in [2.45, 2.75) is 25.7 Å². The van der Waals surface area contributed by atoms with E-state index in [1.807, 2.05) is 4.90 Å². The van der Waals surface area contributed by atoms with Gasteiger partial charge in [0.05, 0.1) is 4.88 Å². The monoisotopic (exact) mass is 279 g/mol. The number of carbonyl (C=O) groups excluding carboxylic acids is 1. The molecule has 1 aliphatic heterocycles. The van der Waals surface area contributed by atoms with Gasteiger partial charge in [-0.05, 0) is 31.1 Å². The van der Waals surface area contributed by atoms with Crippen LogP contribution in [0.25, 0.3) is 6.08 Å². The molecule has 1 N–H and O–H groups in total. The molecule has 1 saturated heterocycles. The van der Waals surface area contributed by atoms with Crippen molar-refractivity contribution in [1.82, 2.24) is 4.90 Å². The second kappa shape index (κ2) is 6.52. The van der Waals surface area contributed by atoms with Crippen LogP contribution < -0.4 is 0 Å². The average molecular weight is 279 g/mol. The molecule has 0 unspecified atom stereocenters. The molecular weight excluding hydrogens is 262 g/mol. The number of likely N-dealkylation sites (tertiary alicyclic amines) is 1. The Bertz CT molecular complexity index is 485. The Morgan fingerprint density at radius 2 is 1.84 bits per heavy atom. The predicted molar refractivity (Wildman–Crippen MR) is 75.4 cm³/mol. The maximum Gasteiger partial charge on any atom is 0.328 e. The minimum atomic E-state index is -0.978. The molecule has 1 aromatic rings. The Morgan fingerprint density at radius 1 is 1.16 bits per heavy atom. The molecule has 0 radical (unpaired) electrons. The summed E-state index contributed by atoms with van der Waals surface area (Å²) in [6.45, 7) is 1.66. The molecule has 0 aromatic carbocycles. The van der Waals surface area contributed by atoms with E-state index in [-0.39, 0.29) is 5.91 Å². The Balaban J connectivity index is 2.04. The van der Waals surface area contributed by atoms with Crippen molar-refractivity contribution in [2.24, 2.45) is 0 Å². The van der Waals surface area contributed by atoms with E-state index in [9.17, 15) is 9.59 Å². The van der Waals surface area contributed by atoms with Crippen LogP contribution in [-0.2, 0) is 4.79 Å². The Hall–Kier alpha value is -1.62. The topological polar surface area (TPSA) is 57.6 Å². The quantitative estimate of drug-likeness (QED) is 0.866. The van der Waals surface area contributed by atoms with Crippen LogP contribution in [0, 0.1) is 0 Å². The molecule has 5 heteroatoms. The Morgan fingerprint density at radius 3 is 2.47 bits per heavy atom. The number of amides is 1. The van der Waals surface area contributed by atoms with E-state index in [1.165, 1.54) is 30.3 Å². The van der Waals surface area contributed by atoms with Crippen molar-refractivity contribution < 1.29 is 14.7 Å². The van der Waals surface area contributed by atoms with Gasteiger partial charge in [-0.1, -0.05) is 12.8 Å². The molecule has 19 heavy (non-hydrogen) atoms. The van der Waals surface area contributed by atoms with Gasteiger partial charge < -0.3 is 10.0 Å². The molecule has 2 heterocycles. The van der Waals surface area contributed by atoms with Crippen molar-refractivity contribution in [1.29, 1.82) is 0 Å². The molecule has 0 bridgehead atoms. The van der Waals surface area contributed by atoms with Crippen molar-refractivity contribution in [3.05, 3.63) is 28.0 Å². The SMILES string of the molecule is O=C(O)C=Cc1ccc(C(=O)N2CCCCCC2)s1. The number of carbonyl (C=O) groups is 2. The second-order valence-electron chi connectivity index (χ2n) is 4.58. The van der Waals surface area contributed by atoms with Gasteiger partial charge in [-0.25, -0.2) is 4.79 Å². The lowest BCUT2D eigenvalue weighted by Gasteiger charge is -2.19. The van der Waals surface area contributed by atoms with E-state index in [0.29, 0.717) is 4.88 Å². The lowest BCUT2D eigenvalue weighted by atomic mass is 10.2. The third-order valence-electron chi connectivity index (χ3n) is 3.12. The summed E-state index contributed by atoms with van der Waals surface area (Å²) in [4.78, 5) is 26.1. The fourth-order valence-corrected chi connectivity index (χ4v) is 3.02. The maximum atomic E-state index is 12.3. The normalized spacial score (nSPS) is 16.5. The Kier molecular flexibility index (Phi) is 4.74. The van der Waals surface area contributed by atoms with Gasteiger partial charge in [0, 0.05) is 24.0 Å². The number of thiophene rings is 1. The van der Waals surface area contributed by atoms with Gasteiger partial charge in [0.15, 0.2) is 0 Å². The summed E-state index contributed by atoms with van der Waals surface area (Å²) in [5.41, 5.74) is 0. The first kappa shape index (κ1) is 13.8. The maximum absolute atomic E-state index is 12.3. The molecule has 0 aliphatic carbocycles. The second-order valence-corrected chi connectivity index (χ2v) is 5.70. The van der Waals surface area contributed by atoms with Gasteiger partial charge >= 0.3 is 5.97 Å². The highest BCUT2D eigenvalue weighted by atomic mass is 32.1. The first-order valence-electron chi connectivity index (χ1n) is 6.47. The number of aliphatic carboxylic acids is 1. The van der Waals surface area contributed by atoms with Crippen molar-refractivity contribution in [3.8, 4) is 0 Å². The summed E-state index contributed by atoms with van der Waals surface area (Å²) in [7, 11) is 0. The zero-order chi connectivity index (χ0) is 13.7. The number of hydrogen-bond donors (Lipinski definition) is 1. The smallest absolute Gasteiger partial charge is 0.328 e. The molecule has 1 fully saturated rings. The number of nitrogens with zero attached hydrogens (tertiary/aromatic N) is 1. The van der Waals surface area contributed by atoms with E-state index >= 15 is 0 Å². The summed E-state index contributed by atoms with van der Waals surface area (Å²) in [5.74, 6) is -0.907. The average Bonchev–Trinajstić information content (AvgIpc) is 2.69.